The Morgan fingerprint density at radius 3 is 2.80 bits per heavy atom. The average molecular weight is 409 g/mol. The topological polar surface area (TPSA) is 46.3 Å². The van der Waals surface area contributed by atoms with E-state index in [0.29, 0.717) is 12.5 Å². The molecule has 0 spiro atoms. The van der Waals surface area contributed by atoms with Crippen molar-refractivity contribution in [3.63, 3.8) is 0 Å². The molecule has 2 unspecified atom stereocenters. The van der Waals surface area contributed by atoms with Crippen LogP contribution in [0.2, 0.25) is 0 Å². The van der Waals surface area contributed by atoms with Crippen LogP contribution in [0.3, 0.4) is 0 Å². The molecule has 0 saturated carbocycles. The molecule has 1 aromatic rings. The quantitative estimate of drug-likeness (QED) is 0.764. The van der Waals surface area contributed by atoms with Crippen molar-refractivity contribution in [2.75, 3.05) is 13.1 Å². The van der Waals surface area contributed by atoms with Gasteiger partial charge in [-0.15, -0.1) is 12.4 Å². The highest BCUT2D eigenvalue weighted by molar-refractivity contribution is 14.1. The average Bonchev–Trinajstić information content (AvgIpc) is 2.41. The van der Waals surface area contributed by atoms with E-state index in [2.05, 4.69) is 36.4 Å². The van der Waals surface area contributed by atoms with Crippen LogP contribution in [0.5, 0.6) is 0 Å². The van der Waals surface area contributed by atoms with Gasteiger partial charge in [0.1, 0.15) is 0 Å². The van der Waals surface area contributed by atoms with E-state index in [1.165, 1.54) is 5.56 Å². The molecule has 1 amide bonds. The SMILES string of the molecule is Cc1ccc(C(=O)N2CCC(C)CC2CN)cc1I.Cl. The van der Waals surface area contributed by atoms with Crippen LogP contribution in [-0.4, -0.2) is 29.9 Å². The van der Waals surface area contributed by atoms with Gasteiger partial charge in [0.05, 0.1) is 0 Å². The van der Waals surface area contributed by atoms with Gasteiger partial charge in [-0.1, -0.05) is 13.0 Å². The summed E-state index contributed by atoms with van der Waals surface area (Å²) < 4.78 is 1.14. The zero-order valence-corrected chi connectivity index (χ0v) is 14.9. The molecule has 1 aliphatic heterocycles. The van der Waals surface area contributed by atoms with E-state index in [9.17, 15) is 4.79 Å². The maximum Gasteiger partial charge on any atom is 0.254 e. The van der Waals surface area contributed by atoms with Gasteiger partial charge in [0.15, 0.2) is 0 Å². The standard InChI is InChI=1S/C15H21IN2O.ClH/c1-10-5-6-18(13(7-10)9-17)15(19)12-4-3-11(2)14(16)8-12;/h3-4,8,10,13H,5-7,9,17H2,1-2H3;1H. The molecule has 20 heavy (non-hydrogen) atoms. The van der Waals surface area contributed by atoms with Crippen LogP contribution in [-0.2, 0) is 0 Å². The minimum Gasteiger partial charge on any atom is -0.334 e. The van der Waals surface area contributed by atoms with E-state index in [1.54, 1.807) is 0 Å². The second kappa shape index (κ2) is 7.61. The third-order valence-corrected chi connectivity index (χ3v) is 5.09. The van der Waals surface area contributed by atoms with Crippen molar-refractivity contribution in [3.8, 4) is 0 Å². The molecule has 5 heteroatoms. The maximum absolute atomic E-state index is 12.6. The lowest BCUT2D eigenvalue weighted by Gasteiger charge is -2.38. The van der Waals surface area contributed by atoms with Crippen LogP contribution >= 0.6 is 35.0 Å². The largest absolute Gasteiger partial charge is 0.334 e. The van der Waals surface area contributed by atoms with Crippen molar-refractivity contribution in [2.24, 2.45) is 11.7 Å². The van der Waals surface area contributed by atoms with E-state index in [4.69, 9.17) is 5.73 Å². The number of nitrogens with two attached hydrogens (primary N) is 1. The number of amides is 1. The first kappa shape index (κ1) is 17.7. The normalized spacial score (nSPS) is 22.3. The first-order valence-electron chi connectivity index (χ1n) is 6.80. The molecule has 2 N–H and O–H groups in total. The molecule has 0 aliphatic carbocycles. The Hall–Kier alpha value is -0.330. The second-order valence-electron chi connectivity index (χ2n) is 5.48. The van der Waals surface area contributed by atoms with Gasteiger partial charge in [0.25, 0.3) is 5.91 Å². The van der Waals surface area contributed by atoms with Crippen molar-refractivity contribution in [2.45, 2.75) is 32.7 Å². The number of likely N-dealkylation sites (tertiary alicyclic amines) is 1. The zero-order chi connectivity index (χ0) is 14.0. The Kier molecular flexibility index (Phi) is 6.75. The highest BCUT2D eigenvalue weighted by Crippen LogP contribution is 2.24. The van der Waals surface area contributed by atoms with Crippen LogP contribution in [0.15, 0.2) is 18.2 Å². The fourth-order valence-corrected chi connectivity index (χ4v) is 3.15. The Balaban J connectivity index is 0.00000200. The van der Waals surface area contributed by atoms with Gasteiger partial charge >= 0.3 is 0 Å². The lowest BCUT2D eigenvalue weighted by atomic mass is 9.92. The number of aryl methyl sites for hydroxylation is 1. The van der Waals surface area contributed by atoms with Gasteiger partial charge in [-0.25, -0.2) is 0 Å². The van der Waals surface area contributed by atoms with Crippen LogP contribution in [0.1, 0.15) is 35.7 Å². The summed E-state index contributed by atoms with van der Waals surface area (Å²) in [5, 5.41) is 0. The minimum atomic E-state index is 0. The van der Waals surface area contributed by atoms with E-state index in [0.717, 1.165) is 28.5 Å². The summed E-state index contributed by atoms with van der Waals surface area (Å²) >= 11 is 2.28. The third-order valence-electron chi connectivity index (χ3n) is 3.93. The summed E-state index contributed by atoms with van der Waals surface area (Å²) in [6.45, 7) is 5.67. The first-order chi connectivity index (χ1) is 9.02. The summed E-state index contributed by atoms with van der Waals surface area (Å²) in [6, 6.07) is 6.10. The molecule has 2 rings (SSSR count). The molecule has 0 bridgehead atoms. The van der Waals surface area contributed by atoms with Crippen molar-refractivity contribution in [3.05, 3.63) is 32.9 Å². The third kappa shape index (κ3) is 3.86. The van der Waals surface area contributed by atoms with E-state index < -0.39 is 0 Å². The van der Waals surface area contributed by atoms with Crippen LogP contribution < -0.4 is 5.73 Å². The lowest BCUT2D eigenvalue weighted by molar-refractivity contribution is 0.0573. The summed E-state index contributed by atoms with van der Waals surface area (Å²) in [4.78, 5) is 14.6. The number of piperidine rings is 1. The molecule has 1 saturated heterocycles. The Morgan fingerprint density at radius 1 is 1.50 bits per heavy atom. The molecule has 3 nitrogen and oxygen atoms in total. The Bertz CT molecular complexity index is 481. The number of rotatable bonds is 2. The van der Waals surface area contributed by atoms with E-state index in [-0.39, 0.29) is 24.4 Å². The van der Waals surface area contributed by atoms with Crippen LogP contribution in [0, 0.1) is 16.4 Å². The highest BCUT2D eigenvalue weighted by Gasteiger charge is 2.29. The number of carbonyl (C=O) groups excluding carboxylic acids is 1. The zero-order valence-electron chi connectivity index (χ0n) is 11.9. The summed E-state index contributed by atoms with van der Waals surface area (Å²) in [5.41, 5.74) is 7.82. The van der Waals surface area contributed by atoms with Crippen LogP contribution in [0.4, 0.5) is 0 Å². The number of nitrogens with zero attached hydrogens (tertiary/aromatic N) is 1. The predicted molar refractivity (Wildman–Crippen MR) is 93.4 cm³/mol. The highest BCUT2D eigenvalue weighted by atomic mass is 127. The molecule has 1 aromatic carbocycles. The van der Waals surface area contributed by atoms with Crippen molar-refractivity contribution in [1.82, 2.24) is 4.90 Å². The fourth-order valence-electron chi connectivity index (χ4n) is 2.63. The number of carbonyl (C=O) groups is 1. The van der Waals surface area contributed by atoms with Crippen molar-refractivity contribution in [1.29, 1.82) is 0 Å². The van der Waals surface area contributed by atoms with Crippen molar-refractivity contribution >= 4 is 40.9 Å². The fraction of sp³-hybridized carbons (Fsp3) is 0.533. The molecule has 2 atom stereocenters. The van der Waals surface area contributed by atoms with Gasteiger partial charge in [-0.2, -0.15) is 0 Å². The molecule has 1 fully saturated rings. The number of benzene rings is 1. The summed E-state index contributed by atoms with van der Waals surface area (Å²) in [7, 11) is 0. The van der Waals surface area contributed by atoms with Gasteiger partial charge in [0.2, 0.25) is 0 Å². The van der Waals surface area contributed by atoms with Gasteiger partial charge in [-0.05, 0) is 66.0 Å². The van der Waals surface area contributed by atoms with Gasteiger partial charge in [0, 0.05) is 28.3 Å². The number of hydrogen-bond acceptors (Lipinski definition) is 2. The Labute approximate surface area is 140 Å². The molecule has 0 aromatic heterocycles. The molecule has 0 radical (unpaired) electrons. The number of hydrogen-bond donors (Lipinski definition) is 1. The van der Waals surface area contributed by atoms with Crippen LogP contribution in [0.25, 0.3) is 0 Å². The number of halogens is 2. The van der Waals surface area contributed by atoms with E-state index >= 15 is 0 Å². The molecule has 112 valence electrons. The summed E-state index contributed by atoms with van der Waals surface area (Å²) in [5.74, 6) is 0.788. The predicted octanol–water partition coefficient (Wildman–Crippen LogP) is 3.22. The molecule has 1 heterocycles. The second-order valence-corrected chi connectivity index (χ2v) is 6.64. The first-order valence-corrected chi connectivity index (χ1v) is 7.88. The maximum atomic E-state index is 12.6. The minimum absolute atomic E-state index is 0. The smallest absolute Gasteiger partial charge is 0.254 e. The lowest BCUT2D eigenvalue weighted by Crippen LogP contribution is -2.49. The van der Waals surface area contributed by atoms with Crippen molar-refractivity contribution < 1.29 is 4.79 Å². The molecular formula is C15H22ClIN2O. The van der Waals surface area contributed by atoms with E-state index in [1.807, 2.05) is 23.1 Å². The summed E-state index contributed by atoms with van der Waals surface area (Å²) in [6.07, 6.45) is 2.09. The van der Waals surface area contributed by atoms with Gasteiger partial charge < -0.3 is 10.6 Å². The monoisotopic (exact) mass is 408 g/mol. The Morgan fingerprint density at radius 2 is 2.20 bits per heavy atom. The molecule has 1 aliphatic rings. The van der Waals surface area contributed by atoms with Gasteiger partial charge in [-0.3, -0.25) is 4.79 Å². The molecular weight excluding hydrogens is 387 g/mol.